The van der Waals surface area contributed by atoms with Crippen LogP contribution < -0.4 is 10.5 Å². The van der Waals surface area contributed by atoms with Crippen molar-refractivity contribution in [1.82, 2.24) is 19.7 Å². The van der Waals surface area contributed by atoms with E-state index in [9.17, 15) is 0 Å². The van der Waals surface area contributed by atoms with Crippen molar-refractivity contribution in [1.29, 1.82) is 0 Å². The summed E-state index contributed by atoms with van der Waals surface area (Å²) in [5.41, 5.74) is 8.63. The molecule has 6 heteroatoms. The Morgan fingerprint density at radius 2 is 1.88 bits per heavy atom. The first-order valence-corrected chi connectivity index (χ1v) is 7.97. The van der Waals surface area contributed by atoms with Crippen LogP contribution in [-0.2, 0) is 5.54 Å². The zero-order valence-electron chi connectivity index (χ0n) is 14.7. The van der Waals surface area contributed by atoms with Crippen LogP contribution in [0.3, 0.4) is 0 Å². The number of fused-ring (bicyclic) bond motifs is 1. The molecule has 0 aliphatic carbocycles. The number of anilines is 1. The van der Waals surface area contributed by atoms with Gasteiger partial charge in [0.25, 0.3) is 0 Å². The highest BCUT2D eigenvalue weighted by Gasteiger charge is 2.27. The molecule has 2 aromatic heterocycles. The van der Waals surface area contributed by atoms with Crippen molar-refractivity contribution in [3.05, 3.63) is 41.9 Å². The van der Waals surface area contributed by atoms with Gasteiger partial charge in [-0.05, 0) is 26.8 Å². The molecule has 2 heterocycles. The molecule has 0 spiro atoms. The summed E-state index contributed by atoms with van der Waals surface area (Å²) in [6.07, 6.45) is 1.49. The molecule has 2 N–H and O–H groups in total. The molecule has 0 aliphatic rings. The molecule has 0 fully saturated rings. The van der Waals surface area contributed by atoms with Gasteiger partial charge in [0, 0.05) is 11.5 Å². The maximum atomic E-state index is 6.16. The summed E-state index contributed by atoms with van der Waals surface area (Å²) in [4.78, 5) is 8.59. The number of rotatable bonds is 3. The Kier molecular flexibility index (Phi) is 3.91. The molecule has 3 rings (SSSR count). The minimum Gasteiger partial charge on any atom is -0.496 e. The van der Waals surface area contributed by atoms with Gasteiger partial charge in [0.1, 0.15) is 17.9 Å². The summed E-state index contributed by atoms with van der Waals surface area (Å²) in [6, 6.07) is 7.95. The summed E-state index contributed by atoms with van der Waals surface area (Å²) >= 11 is 0. The molecule has 0 amide bonds. The number of hydrogen-bond donors (Lipinski definition) is 1. The van der Waals surface area contributed by atoms with Crippen molar-refractivity contribution >= 4 is 16.9 Å². The number of nitrogens with two attached hydrogens (primary N) is 1. The van der Waals surface area contributed by atoms with Crippen LogP contribution in [0, 0.1) is 0 Å². The molecule has 0 unspecified atom stereocenters. The number of nitrogen functional groups attached to an aromatic ring is 1. The summed E-state index contributed by atoms with van der Waals surface area (Å²) in [5, 5.41) is 5.66. The smallest absolute Gasteiger partial charge is 0.164 e. The van der Waals surface area contributed by atoms with E-state index in [0.29, 0.717) is 5.82 Å². The van der Waals surface area contributed by atoms with Gasteiger partial charge in [-0.15, -0.1) is 0 Å². The van der Waals surface area contributed by atoms with Crippen molar-refractivity contribution in [2.75, 3.05) is 12.8 Å². The van der Waals surface area contributed by atoms with Gasteiger partial charge in [-0.1, -0.05) is 25.1 Å². The van der Waals surface area contributed by atoms with Gasteiger partial charge in [-0.2, -0.15) is 5.10 Å². The lowest BCUT2D eigenvalue weighted by Gasteiger charge is -2.20. The number of hydrogen-bond acceptors (Lipinski definition) is 5. The third-order valence-corrected chi connectivity index (χ3v) is 4.17. The van der Waals surface area contributed by atoms with Gasteiger partial charge in [0.15, 0.2) is 5.65 Å². The molecule has 0 bridgehead atoms. The fourth-order valence-corrected chi connectivity index (χ4v) is 2.94. The van der Waals surface area contributed by atoms with Crippen LogP contribution in [0.5, 0.6) is 5.75 Å². The Balaban J connectivity index is 2.26. The highest BCUT2D eigenvalue weighted by molar-refractivity contribution is 5.89. The first kappa shape index (κ1) is 16.2. The molecule has 24 heavy (non-hydrogen) atoms. The number of benzene rings is 1. The first-order valence-electron chi connectivity index (χ1n) is 7.97. The number of aromatic nitrogens is 4. The van der Waals surface area contributed by atoms with Crippen LogP contribution in [0.2, 0.25) is 0 Å². The zero-order chi connectivity index (χ0) is 17.5. The van der Waals surface area contributed by atoms with Crippen LogP contribution in [0.1, 0.15) is 44.9 Å². The van der Waals surface area contributed by atoms with Crippen molar-refractivity contribution < 1.29 is 4.74 Å². The average Bonchev–Trinajstić information content (AvgIpc) is 2.95. The minimum atomic E-state index is -0.211. The predicted molar refractivity (Wildman–Crippen MR) is 95.2 cm³/mol. The van der Waals surface area contributed by atoms with Gasteiger partial charge in [-0.3, -0.25) is 0 Å². The summed E-state index contributed by atoms with van der Waals surface area (Å²) in [5.74, 6) is 1.28. The highest BCUT2D eigenvalue weighted by Crippen LogP contribution is 2.36. The maximum Gasteiger partial charge on any atom is 0.164 e. The predicted octanol–water partition coefficient (Wildman–Crippen LogP) is 3.32. The summed E-state index contributed by atoms with van der Waals surface area (Å²) in [6.45, 7) is 8.37. The lowest BCUT2D eigenvalue weighted by atomic mass is 9.95. The zero-order valence-corrected chi connectivity index (χ0v) is 14.7. The third-order valence-electron chi connectivity index (χ3n) is 4.17. The van der Waals surface area contributed by atoms with E-state index < -0.39 is 0 Å². The summed E-state index contributed by atoms with van der Waals surface area (Å²) < 4.78 is 7.43. The van der Waals surface area contributed by atoms with Crippen molar-refractivity contribution in [2.45, 2.75) is 39.2 Å². The van der Waals surface area contributed by atoms with Crippen LogP contribution in [-0.4, -0.2) is 26.9 Å². The maximum absolute atomic E-state index is 6.16. The standard InChI is InChI=1S/C18H23N5O/c1-11(12-8-6-7-9-13(12)24-5)15-14-16(19)20-10-21-17(14)23(22-15)18(2,3)4/h6-11H,1-5H3,(H2,19,20,21)/t11-/m0/s1. The molecule has 1 aromatic carbocycles. The lowest BCUT2D eigenvalue weighted by molar-refractivity contribution is 0.362. The van der Waals surface area contributed by atoms with E-state index in [4.69, 9.17) is 15.6 Å². The van der Waals surface area contributed by atoms with Crippen LogP contribution in [0.25, 0.3) is 11.0 Å². The minimum absolute atomic E-state index is 0.000509. The molecule has 0 saturated heterocycles. The van der Waals surface area contributed by atoms with Gasteiger partial charge in [0.2, 0.25) is 0 Å². The SMILES string of the molecule is COc1ccccc1[C@H](C)c1nn(C(C)(C)C)c2ncnc(N)c12. The van der Waals surface area contributed by atoms with Gasteiger partial charge < -0.3 is 10.5 Å². The van der Waals surface area contributed by atoms with Gasteiger partial charge in [0.05, 0.1) is 23.7 Å². The van der Waals surface area contributed by atoms with E-state index in [0.717, 1.165) is 28.0 Å². The Labute approximate surface area is 141 Å². The van der Waals surface area contributed by atoms with E-state index >= 15 is 0 Å². The Hall–Kier alpha value is -2.63. The van der Waals surface area contributed by atoms with Crippen LogP contribution >= 0.6 is 0 Å². The van der Waals surface area contributed by atoms with E-state index in [1.165, 1.54) is 6.33 Å². The molecular weight excluding hydrogens is 302 g/mol. The molecule has 126 valence electrons. The average molecular weight is 325 g/mol. The summed E-state index contributed by atoms with van der Waals surface area (Å²) in [7, 11) is 1.68. The Bertz CT molecular complexity index is 879. The van der Waals surface area contributed by atoms with Crippen molar-refractivity contribution in [3.8, 4) is 5.75 Å². The number of methoxy groups -OCH3 is 1. The Morgan fingerprint density at radius 1 is 1.17 bits per heavy atom. The second kappa shape index (κ2) is 5.78. The molecule has 0 aliphatic heterocycles. The monoisotopic (exact) mass is 325 g/mol. The molecule has 1 atom stereocenters. The van der Waals surface area contributed by atoms with Crippen LogP contribution in [0.15, 0.2) is 30.6 Å². The normalized spacial score (nSPS) is 13.2. The van der Waals surface area contributed by atoms with E-state index in [2.05, 4.69) is 37.7 Å². The largest absolute Gasteiger partial charge is 0.496 e. The van der Waals surface area contributed by atoms with E-state index in [1.807, 2.05) is 28.9 Å². The topological polar surface area (TPSA) is 78.8 Å². The molecule has 0 radical (unpaired) electrons. The Morgan fingerprint density at radius 3 is 2.54 bits per heavy atom. The lowest BCUT2D eigenvalue weighted by Crippen LogP contribution is -2.23. The first-order chi connectivity index (χ1) is 11.3. The number of nitrogens with zero attached hydrogens (tertiary/aromatic N) is 4. The molecule has 0 saturated carbocycles. The highest BCUT2D eigenvalue weighted by atomic mass is 16.5. The number of para-hydroxylation sites is 1. The molecule has 3 aromatic rings. The van der Waals surface area contributed by atoms with Gasteiger partial charge in [-0.25, -0.2) is 14.6 Å². The van der Waals surface area contributed by atoms with Crippen molar-refractivity contribution in [2.24, 2.45) is 0 Å². The fraction of sp³-hybridized carbons (Fsp3) is 0.389. The second-order valence-corrected chi connectivity index (χ2v) is 6.89. The molecule has 6 nitrogen and oxygen atoms in total. The van der Waals surface area contributed by atoms with Gasteiger partial charge >= 0.3 is 0 Å². The number of ether oxygens (including phenoxy) is 1. The van der Waals surface area contributed by atoms with E-state index in [-0.39, 0.29) is 11.5 Å². The fourth-order valence-electron chi connectivity index (χ4n) is 2.94. The van der Waals surface area contributed by atoms with Crippen LogP contribution in [0.4, 0.5) is 5.82 Å². The molecular formula is C18H23N5O. The third kappa shape index (κ3) is 2.58. The van der Waals surface area contributed by atoms with Crippen molar-refractivity contribution in [3.63, 3.8) is 0 Å². The second-order valence-electron chi connectivity index (χ2n) is 6.89. The van der Waals surface area contributed by atoms with E-state index in [1.54, 1.807) is 7.11 Å². The quantitative estimate of drug-likeness (QED) is 0.799.